The first kappa shape index (κ1) is 18.3. The number of halogens is 1. The van der Waals surface area contributed by atoms with Crippen LogP contribution < -0.4 is 10.6 Å². The first-order chi connectivity index (χ1) is 13.0. The van der Waals surface area contributed by atoms with E-state index in [1.165, 1.54) is 10.6 Å². The minimum Gasteiger partial charge on any atom is -0.340 e. The summed E-state index contributed by atoms with van der Waals surface area (Å²) in [6, 6.07) is 12.7. The third-order valence-corrected chi connectivity index (χ3v) is 6.85. The van der Waals surface area contributed by atoms with Crippen molar-refractivity contribution < 1.29 is 8.42 Å². The molecule has 1 fully saturated rings. The summed E-state index contributed by atoms with van der Waals surface area (Å²) >= 11 is 3.41. The number of piperazine rings is 1. The van der Waals surface area contributed by atoms with Crippen molar-refractivity contribution >= 4 is 48.4 Å². The minimum absolute atomic E-state index is 0.255. The van der Waals surface area contributed by atoms with Crippen LogP contribution in [-0.4, -0.2) is 48.9 Å². The van der Waals surface area contributed by atoms with Gasteiger partial charge in [0.2, 0.25) is 10.0 Å². The van der Waals surface area contributed by atoms with Crippen LogP contribution in [0.1, 0.15) is 0 Å². The molecule has 0 atom stereocenters. The molecule has 3 aromatic rings. The fourth-order valence-electron chi connectivity index (χ4n) is 3.00. The molecule has 1 aliphatic rings. The zero-order chi connectivity index (χ0) is 18.9. The molecule has 0 unspecified atom stereocenters. The van der Waals surface area contributed by atoms with Gasteiger partial charge in [0.15, 0.2) is 0 Å². The standard InChI is InChI=1S/C18H18BrN5O2S/c19-13-1-3-14(4-2-13)23-18-16-11-15(5-6-17(16)21-12-22-18)27(25,26)24-9-7-20-8-10-24/h1-6,11-12,20H,7-10H2,(H,21,22,23). The highest BCUT2D eigenvalue weighted by Crippen LogP contribution is 2.27. The van der Waals surface area contributed by atoms with Gasteiger partial charge in [0.05, 0.1) is 10.4 Å². The Morgan fingerprint density at radius 1 is 1.04 bits per heavy atom. The van der Waals surface area contributed by atoms with Crippen LogP contribution in [0.15, 0.2) is 58.2 Å². The average Bonchev–Trinajstić information content (AvgIpc) is 2.70. The summed E-state index contributed by atoms with van der Waals surface area (Å²) in [6.45, 7) is 2.25. The van der Waals surface area contributed by atoms with E-state index < -0.39 is 10.0 Å². The zero-order valence-corrected chi connectivity index (χ0v) is 16.8. The normalized spacial score (nSPS) is 15.7. The van der Waals surface area contributed by atoms with E-state index in [0.29, 0.717) is 42.9 Å². The van der Waals surface area contributed by atoms with Crippen LogP contribution in [0.5, 0.6) is 0 Å². The molecule has 2 N–H and O–H groups in total. The van der Waals surface area contributed by atoms with Crippen LogP contribution in [0, 0.1) is 0 Å². The molecule has 0 bridgehead atoms. The zero-order valence-electron chi connectivity index (χ0n) is 14.4. The summed E-state index contributed by atoms with van der Waals surface area (Å²) < 4.78 is 28.4. The molecular formula is C18H18BrN5O2S. The predicted octanol–water partition coefficient (Wildman–Crippen LogP) is 2.73. The third kappa shape index (κ3) is 3.81. The number of aromatic nitrogens is 2. The SMILES string of the molecule is O=S(=O)(c1ccc2ncnc(Nc3ccc(Br)cc3)c2c1)N1CCNCC1. The van der Waals surface area contributed by atoms with Crippen molar-refractivity contribution in [3.05, 3.63) is 53.3 Å². The van der Waals surface area contributed by atoms with Gasteiger partial charge in [0.25, 0.3) is 0 Å². The van der Waals surface area contributed by atoms with E-state index in [1.54, 1.807) is 18.2 Å². The lowest BCUT2D eigenvalue weighted by Gasteiger charge is -2.26. The van der Waals surface area contributed by atoms with Gasteiger partial charge in [-0.2, -0.15) is 4.31 Å². The van der Waals surface area contributed by atoms with Crippen molar-refractivity contribution in [2.24, 2.45) is 0 Å². The van der Waals surface area contributed by atoms with Gasteiger partial charge in [-0.1, -0.05) is 15.9 Å². The number of nitrogens with one attached hydrogen (secondary N) is 2. The second kappa shape index (κ2) is 7.51. The summed E-state index contributed by atoms with van der Waals surface area (Å²) in [5.41, 5.74) is 1.54. The number of anilines is 2. The lowest BCUT2D eigenvalue weighted by Crippen LogP contribution is -2.46. The monoisotopic (exact) mass is 447 g/mol. The molecule has 7 nitrogen and oxygen atoms in total. The molecule has 0 saturated carbocycles. The second-order valence-corrected chi connectivity index (χ2v) is 9.04. The molecule has 4 rings (SSSR count). The van der Waals surface area contributed by atoms with Gasteiger partial charge in [0.1, 0.15) is 12.1 Å². The highest BCUT2D eigenvalue weighted by Gasteiger charge is 2.26. The Labute approximate surface area is 166 Å². The molecule has 0 amide bonds. The Morgan fingerprint density at radius 2 is 1.78 bits per heavy atom. The highest BCUT2D eigenvalue weighted by atomic mass is 79.9. The Kier molecular flexibility index (Phi) is 5.09. The molecule has 9 heteroatoms. The molecule has 0 aliphatic carbocycles. The molecule has 0 radical (unpaired) electrons. The number of nitrogens with zero attached hydrogens (tertiary/aromatic N) is 3. The summed E-state index contributed by atoms with van der Waals surface area (Å²) in [4.78, 5) is 8.82. The number of benzene rings is 2. The second-order valence-electron chi connectivity index (χ2n) is 6.19. The Bertz CT molecular complexity index is 1070. The van der Waals surface area contributed by atoms with E-state index >= 15 is 0 Å². The molecule has 1 aliphatic heterocycles. The topological polar surface area (TPSA) is 87.2 Å². The number of hydrogen-bond acceptors (Lipinski definition) is 6. The highest BCUT2D eigenvalue weighted by molar-refractivity contribution is 9.10. The summed E-state index contributed by atoms with van der Waals surface area (Å²) in [7, 11) is -3.54. The van der Waals surface area contributed by atoms with Crippen LogP contribution in [0.2, 0.25) is 0 Å². The predicted molar refractivity (Wildman–Crippen MR) is 109 cm³/mol. The number of hydrogen-bond donors (Lipinski definition) is 2. The Morgan fingerprint density at radius 3 is 2.52 bits per heavy atom. The average molecular weight is 448 g/mol. The Hall–Kier alpha value is -2.07. The molecular weight excluding hydrogens is 430 g/mol. The van der Waals surface area contributed by atoms with Crippen LogP contribution in [0.4, 0.5) is 11.5 Å². The Balaban J connectivity index is 1.73. The fourth-order valence-corrected chi connectivity index (χ4v) is 4.73. The van der Waals surface area contributed by atoms with Crippen LogP contribution in [0.3, 0.4) is 0 Å². The lowest BCUT2D eigenvalue weighted by molar-refractivity contribution is 0.360. The smallest absolute Gasteiger partial charge is 0.243 e. The van der Waals surface area contributed by atoms with Gasteiger partial charge < -0.3 is 10.6 Å². The minimum atomic E-state index is -3.54. The summed E-state index contributed by atoms with van der Waals surface area (Å²) in [5.74, 6) is 0.569. The van der Waals surface area contributed by atoms with Crippen LogP contribution >= 0.6 is 15.9 Å². The van der Waals surface area contributed by atoms with Crippen LogP contribution in [0.25, 0.3) is 10.9 Å². The molecule has 0 spiro atoms. The summed E-state index contributed by atoms with van der Waals surface area (Å²) in [6.07, 6.45) is 1.47. The maximum Gasteiger partial charge on any atom is 0.243 e. The van der Waals surface area contributed by atoms with Crippen LogP contribution in [-0.2, 0) is 10.0 Å². The maximum atomic E-state index is 13.0. The van der Waals surface area contributed by atoms with E-state index in [0.717, 1.165) is 10.2 Å². The van der Waals surface area contributed by atoms with Crippen molar-refractivity contribution in [3.8, 4) is 0 Å². The maximum absolute atomic E-state index is 13.0. The lowest BCUT2D eigenvalue weighted by atomic mass is 10.2. The van der Waals surface area contributed by atoms with Gasteiger partial charge >= 0.3 is 0 Å². The number of fused-ring (bicyclic) bond motifs is 1. The van der Waals surface area contributed by atoms with E-state index in [1.807, 2.05) is 24.3 Å². The largest absolute Gasteiger partial charge is 0.340 e. The van der Waals surface area contributed by atoms with Crippen molar-refractivity contribution in [2.45, 2.75) is 4.90 Å². The van der Waals surface area contributed by atoms with Gasteiger partial charge in [-0.05, 0) is 42.5 Å². The number of rotatable bonds is 4. The first-order valence-electron chi connectivity index (χ1n) is 8.52. The van der Waals surface area contributed by atoms with Gasteiger partial charge in [-0.15, -0.1) is 0 Å². The van der Waals surface area contributed by atoms with Crippen molar-refractivity contribution in [3.63, 3.8) is 0 Å². The van der Waals surface area contributed by atoms with Crippen molar-refractivity contribution in [1.82, 2.24) is 19.6 Å². The van der Waals surface area contributed by atoms with Crippen molar-refractivity contribution in [2.75, 3.05) is 31.5 Å². The van der Waals surface area contributed by atoms with E-state index in [9.17, 15) is 8.42 Å². The van der Waals surface area contributed by atoms with Gasteiger partial charge in [0, 0.05) is 41.7 Å². The third-order valence-electron chi connectivity index (χ3n) is 4.43. The number of sulfonamides is 1. The van der Waals surface area contributed by atoms with E-state index in [-0.39, 0.29) is 4.90 Å². The van der Waals surface area contributed by atoms with Gasteiger partial charge in [-0.3, -0.25) is 0 Å². The quantitative estimate of drug-likeness (QED) is 0.639. The molecule has 27 heavy (non-hydrogen) atoms. The van der Waals surface area contributed by atoms with Crippen molar-refractivity contribution in [1.29, 1.82) is 0 Å². The molecule has 2 heterocycles. The molecule has 1 aromatic heterocycles. The fraction of sp³-hybridized carbons (Fsp3) is 0.222. The summed E-state index contributed by atoms with van der Waals surface area (Å²) in [5, 5.41) is 7.07. The molecule has 140 valence electrons. The van der Waals surface area contributed by atoms with E-state index in [2.05, 4.69) is 36.5 Å². The molecule has 2 aromatic carbocycles. The van der Waals surface area contributed by atoms with E-state index in [4.69, 9.17) is 0 Å². The van der Waals surface area contributed by atoms with Gasteiger partial charge in [-0.25, -0.2) is 18.4 Å². The first-order valence-corrected chi connectivity index (χ1v) is 10.8. The molecule has 1 saturated heterocycles.